The molecule has 88 valence electrons. The molecule has 4 heteroatoms. The molecule has 0 aliphatic carbocycles. The maximum absolute atomic E-state index is 13.7. The summed E-state index contributed by atoms with van der Waals surface area (Å²) in [6.07, 6.45) is 1.03. The summed E-state index contributed by atoms with van der Waals surface area (Å²) >= 11 is 3.35. The average molecular weight is 288 g/mol. The molecule has 16 heavy (non-hydrogen) atoms. The molecule has 1 aliphatic rings. The Bertz CT molecular complexity index is 402. The standard InChI is InChI=1S/C12H15BrFNO/c1-7-10(14)5-9(13)12(16-2)11(7)8-3-4-15-6-8/h5,8,15H,3-4,6H2,1-2H3. The van der Waals surface area contributed by atoms with E-state index in [1.807, 2.05) is 6.92 Å². The molecule has 0 saturated carbocycles. The van der Waals surface area contributed by atoms with E-state index >= 15 is 0 Å². The summed E-state index contributed by atoms with van der Waals surface area (Å²) < 4.78 is 19.8. The number of methoxy groups -OCH3 is 1. The lowest BCUT2D eigenvalue weighted by molar-refractivity contribution is 0.401. The average Bonchev–Trinajstić information content (AvgIpc) is 2.76. The summed E-state index contributed by atoms with van der Waals surface area (Å²) in [4.78, 5) is 0. The Labute approximate surface area is 103 Å². The van der Waals surface area contributed by atoms with Crippen LogP contribution in [0.25, 0.3) is 0 Å². The maximum Gasteiger partial charge on any atom is 0.137 e. The molecule has 0 radical (unpaired) electrons. The highest BCUT2D eigenvalue weighted by Crippen LogP contribution is 2.39. The van der Waals surface area contributed by atoms with Crippen molar-refractivity contribution in [2.45, 2.75) is 19.3 Å². The number of benzene rings is 1. The lowest BCUT2D eigenvalue weighted by atomic mass is 9.93. The van der Waals surface area contributed by atoms with Crippen LogP contribution in [0.5, 0.6) is 5.75 Å². The van der Waals surface area contributed by atoms with E-state index in [1.54, 1.807) is 7.11 Å². The smallest absolute Gasteiger partial charge is 0.137 e. The molecular formula is C12H15BrFNO. The van der Waals surface area contributed by atoms with Crippen molar-refractivity contribution < 1.29 is 9.13 Å². The fraction of sp³-hybridized carbons (Fsp3) is 0.500. The third-order valence-corrected chi connectivity index (χ3v) is 3.74. The predicted octanol–water partition coefficient (Wildman–Crippen LogP) is 2.98. The predicted molar refractivity (Wildman–Crippen MR) is 65.6 cm³/mol. The summed E-state index contributed by atoms with van der Waals surface area (Å²) in [5, 5.41) is 3.29. The second-order valence-electron chi connectivity index (χ2n) is 4.10. The quantitative estimate of drug-likeness (QED) is 0.903. The topological polar surface area (TPSA) is 21.3 Å². The summed E-state index contributed by atoms with van der Waals surface area (Å²) in [5.41, 5.74) is 1.70. The van der Waals surface area contributed by atoms with Crippen molar-refractivity contribution in [3.05, 3.63) is 27.5 Å². The highest BCUT2D eigenvalue weighted by molar-refractivity contribution is 9.10. The number of hydrogen-bond donors (Lipinski definition) is 1. The SMILES string of the molecule is COc1c(Br)cc(F)c(C)c1C1CCNC1. The van der Waals surface area contributed by atoms with Gasteiger partial charge in [0.1, 0.15) is 11.6 Å². The summed E-state index contributed by atoms with van der Waals surface area (Å²) in [5.74, 6) is 0.948. The number of rotatable bonds is 2. The van der Waals surface area contributed by atoms with E-state index in [0.717, 1.165) is 30.8 Å². The van der Waals surface area contributed by atoms with Gasteiger partial charge in [-0.25, -0.2) is 4.39 Å². The molecule has 1 aromatic rings. The highest BCUT2D eigenvalue weighted by Gasteiger charge is 2.25. The van der Waals surface area contributed by atoms with Gasteiger partial charge in [-0.3, -0.25) is 0 Å². The molecule has 0 bridgehead atoms. The Kier molecular flexibility index (Phi) is 3.50. The van der Waals surface area contributed by atoms with Crippen LogP contribution in [0.2, 0.25) is 0 Å². The summed E-state index contributed by atoms with van der Waals surface area (Å²) in [6, 6.07) is 1.47. The zero-order chi connectivity index (χ0) is 11.7. The van der Waals surface area contributed by atoms with Crippen LogP contribution < -0.4 is 10.1 Å². The second-order valence-corrected chi connectivity index (χ2v) is 4.96. The van der Waals surface area contributed by atoms with Crippen LogP contribution in [0.4, 0.5) is 4.39 Å². The van der Waals surface area contributed by atoms with Crippen LogP contribution in [0.1, 0.15) is 23.5 Å². The molecule has 1 N–H and O–H groups in total. The molecule has 1 aliphatic heterocycles. The van der Waals surface area contributed by atoms with Crippen molar-refractivity contribution in [1.29, 1.82) is 0 Å². The van der Waals surface area contributed by atoms with Crippen LogP contribution in [0.15, 0.2) is 10.5 Å². The normalized spacial score (nSPS) is 20.1. The molecular weight excluding hydrogens is 273 g/mol. The molecule has 0 aromatic heterocycles. The lowest BCUT2D eigenvalue weighted by Crippen LogP contribution is -2.10. The summed E-state index contributed by atoms with van der Waals surface area (Å²) in [6.45, 7) is 3.70. The Hall–Kier alpha value is -0.610. The molecule has 0 amide bonds. The fourth-order valence-corrected chi connectivity index (χ4v) is 2.89. The maximum atomic E-state index is 13.7. The molecule has 2 rings (SSSR count). The van der Waals surface area contributed by atoms with Gasteiger partial charge < -0.3 is 10.1 Å². The van der Waals surface area contributed by atoms with E-state index in [4.69, 9.17) is 4.74 Å². The second kappa shape index (κ2) is 4.72. The van der Waals surface area contributed by atoms with Crippen LogP contribution >= 0.6 is 15.9 Å². The van der Waals surface area contributed by atoms with Crippen molar-refractivity contribution in [3.8, 4) is 5.75 Å². The van der Waals surface area contributed by atoms with Crippen molar-refractivity contribution in [1.82, 2.24) is 5.32 Å². The third kappa shape index (κ3) is 1.96. The molecule has 1 aromatic carbocycles. The van der Waals surface area contributed by atoms with Gasteiger partial charge in [0.2, 0.25) is 0 Å². The molecule has 2 nitrogen and oxygen atoms in total. The number of halogens is 2. The van der Waals surface area contributed by atoms with E-state index < -0.39 is 0 Å². The van der Waals surface area contributed by atoms with Gasteiger partial charge in [0.15, 0.2) is 0 Å². The Morgan fingerprint density at radius 1 is 1.56 bits per heavy atom. The van der Waals surface area contributed by atoms with Gasteiger partial charge >= 0.3 is 0 Å². The van der Waals surface area contributed by atoms with Crippen molar-refractivity contribution in [3.63, 3.8) is 0 Å². The van der Waals surface area contributed by atoms with Gasteiger partial charge in [0, 0.05) is 18.0 Å². The van der Waals surface area contributed by atoms with E-state index in [2.05, 4.69) is 21.2 Å². The zero-order valence-corrected chi connectivity index (χ0v) is 11.0. The number of nitrogens with one attached hydrogen (secondary N) is 1. The van der Waals surface area contributed by atoms with Crippen LogP contribution in [-0.2, 0) is 0 Å². The fourth-order valence-electron chi connectivity index (χ4n) is 2.31. The lowest BCUT2D eigenvalue weighted by Gasteiger charge is -2.18. The largest absolute Gasteiger partial charge is 0.495 e. The van der Waals surface area contributed by atoms with Gasteiger partial charge in [-0.1, -0.05) is 0 Å². The zero-order valence-electron chi connectivity index (χ0n) is 9.44. The minimum absolute atomic E-state index is 0.172. The summed E-state index contributed by atoms with van der Waals surface area (Å²) in [7, 11) is 1.63. The number of hydrogen-bond acceptors (Lipinski definition) is 2. The molecule has 0 spiro atoms. The van der Waals surface area contributed by atoms with Gasteiger partial charge in [-0.05, 0) is 47.4 Å². The first kappa shape index (κ1) is 11.9. The number of ether oxygens (including phenoxy) is 1. The molecule has 1 unspecified atom stereocenters. The van der Waals surface area contributed by atoms with E-state index in [0.29, 0.717) is 16.0 Å². The van der Waals surface area contributed by atoms with Crippen molar-refractivity contribution >= 4 is 15.9 Å². The van der Waals surface area contributed by atoms with Crippen LogP contribution in [0.3, 0.4) is 0 Å². The molecule has 1 fully saturated rings. The Morgan fingerprint density at radius 3 is 2.88 bits per heavy atom. The minimum atomic E-state index is -0.172. The molecule has 1 saturated heterocycles. The molecule has 1 atom stereocenters. The van der Waals surface area contributed by atoms with E-state index in [9.17, 15) is 4.39 Å². The van der Waals surface area contributed by atoms with Crippen molar-refractivity contribution in [2.24, 2.45) is 0 Å². The first-order chi connectivity index (χ1) is 7.65. The van der Waals surface area contributed by atoms with Gasteiger partial charge in [0.25, 0.3) is 0 Å². The minimum Gasteiger partial charge on any atom is -0.495 e. The Balaban J connectivity index is 2.54. The van der Waals surface area contributed by atoms with Crippen molar-refractivity contribution in [2.75, 3.05) is 20.2 Å². The first-order valence-corrected chi connectivity index (χ1v) is 6.17. The Morgan fingerprint density at radius 2 is 2.31 bits per heavy atom. The highest BCUT2D eigenvalue weighted by atomic mass is 79.9. The molecule has 1 heterocycles. The third-order valence-electron chi connectivity index (χ3n) is 3.15. The first-order valence-electron chi connectivity index (χ1n) is 5.38. The van der Waals surface area contributed by atoms with Crippen LogP contribution in [-0.4, -0.2) is 20.2 Å². The van der Waals surface area contributed by atoms with E-state index in [-0.39, 0.29) is 5.82 Å². The van der Waals surface area contributed by atoms with Gasteiger partial charge in [0.05, 0.1) is 11.6 Å². The van der Waals surface area contributed by atoms with Crippen LogP contribution in [0, 0.1) is 12.7 Å². The van der Waals surface area contributed by atoms with E-state index in [1.165, 1.54) is 6.07 Å². The van der Waals surface area contributed by atoms with Gasteiger partial charge in [-0.2, -0.15) is 0 Å². The van der Waals surface area contributed by atoms with Gasteiger partial charge in [-0.15, -0.1) is 0 Å². The monoisotopic (exact) mass is 287 g/mol.